The van der Waals surface area contributed by atoms with Crippen LogP contribution in [0, 0.1) is 6.92 Å². The van der Waals surface area contributed by atoms with E-state index in [1.165, 1.54) is 0 Å². The van der Waals surface area contributed by atoms with Crippen LogP contribution >= 0.6 is 23.2 Å². The first-order valence-electron chi connectivity index (χ1n) is 5.71. The number of aryl methyl sites for hydroxylation is 1. The average molecular weight is 284 g/mol. The Morgan fingerprint density at radius 2 is 1.67 bits per heavy atom. The van der Waals surface area contributed by atoms with Gasteiger partial charge in [-0.15, -0.1) is 23.2 Å². The van der Waals surface area contributed by atoms with Crippen LogP contribution in [0.5, 0.6) is 0 Å². The molecule has 3 nitrogen and oxygen atoms in total. The van der Waals surface area contributed by atoms with Crippen LogP contribution in [0.3, 0.4) is 0 Å². The molecule has 2 rings (SSSR count). The molecule has 0 amide bonds. The molecular formula is C13H15Cl2N3. The Kier molecular flexibility index (Phi) is 3.93. The third kappa shape index (κ3) is 2.68. The van der Waals surface area contributed by atoms with E-state index in [9.17, 15) is 0 Å². The molecule has 0 aliphatic rings. The van der Waals surface area contributed by atoms with Gasteiger partial charge >= 0.3 is 0 Å². The van der Waals surface area contributed by atoms with E-state index in [-0.39, 0.29) is 5.54 Å². The lowest BCUT2D eigenvalue weighted by Crippen LogP contribution is -2.39. The molecule has 0 aliphatic heterocycles. The Morgan fingerprint density at radius 3 is 2.22 bits per heavy atom. The van der Waals surface area contributed by atoms with E-state index in [1.54, 1.807) is 0 Å². The summed E-state index contributed by atoms with van der Waals surface area (Å²) in [6, 6.07) is 7.77. The lowest BCUT2D eigenvalue weighted by atomic mass is 10.1. The van der Waals surface area contributed by atoms with Gasteiger partial charge in [0.1, 0.15) is 5.82 Å². The fraction of sp³-hybridized carbons (Fsp3) is 0.385. The molecule has 1 heterocycles. The summed E-state index contributed by atoms with van der Waals surface area (Å²) in [6.07, 6.45) is 0. The Morgan fingerprint density at radius 1 is 1.11 bits per heavy atom. The third-order valence-corrected chi connectivity index (χ3v) is 3.93. The molecule has 0 unspecified atom stereocenters. The predicted octanol–water partition coefficient (Wildman–Crippen LogP) is 3.59. The molecule has 1 aromatic carbocycles. The molecule has 0 saturated carbocycles. The number of fused-ring (bicyclic) bond motifs is 1. The summed E-state index contributed by atoms with van der Waals surface area (Å²) in [6.45, 7) is 3.88. The summed E-state index contributed by atoms with van der Waals surface area (Å²) in [7, 11) is 0. The highest BCUT2D eigenvalue weighted by molar-refractivity contribution is 6.22. The largest absolute Gasteiger partial charge is 0.361 e. The van der Waals surface area contributed by atoms with Crippen LogP contribution in [0.15, 0.2) is 24.3 Å². The van der Waals surface area contributed by atoms with Crippen molar-refractivity contribution in [2.75, 3.05) is 17.1 Å². The van der Waals surface area contributed by atoms with Crippen molar-refractivity contribution in [3.05, 3.63) is 30.0 Å². The first kappa shape index (κ1) is 13.4. The van der Waals surface area contributed by atoms with E-state index in [0.29, 0.717) is 11.8 Å². The van der Waals surface area contributed by atoms with Crippen LogP contribution < -0.4 is 5.32 Å². The maximum atomic E-state index is 5.93. The Bertz CT molecular complexity index is 553. The van der Waals surface area contributed by atoms with Crippen LogP contribution in [-0.2, 0) is 0 Å². The summed E-state index contributed by atoms with van der Waals surface area (Å²) in [4.78, 5) is 9.08. The second kappa shape index (κ2) is 5.29. The maximum Gasteiger partial charge on any atom is 0.148 e. The van der Waals surface area contributed by atoms with Gasteiger partial charge in [-0.2, -0.15) is 0 Å². The molecule has 0 bridgehead atoms. The summed E-state index contributed by atoms with van der Waals surface area (Å²) in [5.41, 5.74) is 2.21. The summed E-state index contributed by atoms with van der Waals surface area (Å²) in [5.74, 6) is 1.55. The molecule has 1 N–H and O–H groups in total. The minimum absolute atomic E-state index is 0.384. The quantitative estimate of drug-likeness (QED) is 0.872. The topological polar surface area (TPSA) is 37.8 Å². The van der Waals surface area contributed by atoms with Gasteiger partial charge in [0.15, 0.2) is 0 Å². The summed E-state index contributed by atoms with van der Waals surface area (Å²) >= 11 is 11.9. The van der Waals surface area contributed by atoms with Gasteiger partial charge in [-0.25, -0.2) is 9.97 Å². The third-order valence-electron chi connectivity index (χ3n) is 2.75. The number of hydrogen-bond acceptors (Lipinski definition) is 3. The number of alkyl halides is 2. The van der Waals surface area contributed by atoms with Gasteiger partial charge in [-0.1, -0.05) is 12.1 Å². The maximum absolute atomic E-state index is 5.93. The van der Waals surface area contributed by atoms with Crippen LogP contribution in [0.2, 0.25) is 0 Å². The van der Waals surface area contributed by atoms with E-state index < -0.39 is 0 Å². The number of nitrogens with zero attached hydrogens (tertiary/aromatic N) is 2. The lowest BCUT2D eigenvalue weighted by Gasteiger charge is -2.27. The molecule has 0 spiro atoms. The predicted molar refractivity (Wildman–Crippen MR) is 77.7 cm³/mol. The fourth-order valence-electron chi connectivity index (χ4n) is 1.60. The monoisotopic (exact) mass is 283 g/mol. The molecule has 0 radical (unpaired) electrons. The van der Waals surface area contributed by atoms with E-state index in [0.717, 1.165) is 22.5 Å². The number of anilines is 1. The number of para-hydroxylation sites is 2. The number of nitrogens with one attached hydrogen (secondary N) is 1. The molecule has 5 heteroatoms. The molecular weight excluding hydrogens is 269 g/mol. The van der Waals surface area contributed by atoms with Gasteiger partial charge in [0, 0.05) is 11.8 Å². The highest BCUT2D eigenvalue weighted by atomic mass is 35.5. The van der Waals surface area contributed by atoms with Gasteiger partial charge in [0.2, 0.25) is 0 Å². The fourth-order valence-corrected chi connectivity index (χ4v) is 2.01. The zero-order chi connectivity index (χ0) is 13.2. The lowest BCUT2D eigenvalue weighted by molar-refractivity contribution is 0.644. The summed E-state index contributed by atoms with van der Waals surface area (Å²) < 4.78 is 0. The van der Waals surface area contributed by atoms with Gasteiger partial charge in [0.25, 0.3) is 0 Å². The normalized spacial score (nSPS) is 11.8. The van der Waals surface area contributed by atoms with Gasteiger partial charge < -0.3 is 5.32 Å². The highest BCUT2D eigenvalue weighted by Gasteiger charge is 2.23. The summed E-state index contributed by atoms with van der Waals surface area (Å²) in [5, 5.41) is 3.28. The second-order valence-corrected chi connectivity index (χ2v) is 5.13. The van der Waals surface area contributed by atoms with Gasteiger partial charge in [0.05, 0.1) is 22.3 Å². The van der Waals surface area contributed by atoms with Crippen molar-refractivity contribution in [2.45, 2.75) is 19.4 Å². The van der Waals surface area contributed by atoms with Crippen LogP contribution in [0.25, 0.3) is 11.0 Å². The van der Waals surface area contributed by atoms with Crippen LogP contribution in [0.1, 0.15) is 12.6 Å². The SMILES string of the molecule is Cc1nc2ccccc2nc1NC(C)(CCl)CCl. The Hall–Kier alpha value is -1.06. The number of rotatable bonds is 4. The van der Waals surface area contributed by atoms with E-state index in [4.69, 9.17) is 23.2 Å². The molecule has 0 aliphatic carbocycles. The number of halogens is 2. The number of benzene rings is 1. The number of hydrogen-bond donors (Lipinski definition) is 1. The van der Waals surface area contributed by atoms with Crippen molar-refractivity contribution in [2.24, 2.45) is 0 Å². The average Bonchev–Trinajstić information content (AvgIpc) is 2.39. The zero-order valence-electron chi connectivity index (χ0n) is 10.4. The van der Waals surface area contributed by atoms with Gasteiger partial charge in [-0.3, -0.25) is 0 Å². The molecule has 96 valence electrons. The van der Waals surface area contributed by atoms with Crippen molar-refractivity contribution in [3.63, 3.8) is 0 Å². The molecule has 18 heavy (non-hydrogen) atoms. The first-order valence-corrected chi connectivity index (χ1v) is 6.78. The van der Waals surface area contributed by atoms with Crippen molar-refractivity contribution in [3.8, 4) is 0 Å². The smallest absolute Gasteiger partial charge is 0.148 e. The molecule has 1 aromatic heterocycles. The van der Waals surface area contributed by atoms with Crippen molar-refractivity contribution < 1.29 is 0 Å². The van der Waals surface area contributed by atoms with Gasteiger partial charge in [-0.05, 0) is 26.0 Å². The number of aromatic nitrogens is 2. The van der Waals surface area contributed by atoms with Crippen molar-refractivity contribution in [1.82, 2.24) is 9.97 Å². The van der Waals surface area contributed by atoms with E-state index in [1.807, 2.05) is 38.1 Å². The van der Waals surface area contributed by atoms with Crippen LogP contribution in [-0.4, -0.2) is 27.3 Å². The first-order chi connectivity index (χ1) is 8.58. The Balaban J connectivity index is 2.42. The molecule has 0 atom stereocenters. The molecule has 0 saturated heterocycles. The Labute approximate surface area is 117 Å². The van der Waals surface area contributed by atoms with Crippen LogP contribution in [0.4, 0.5) is 5.82 Å². The van der Waals surface area contributed by atoms with E-state index in [2.05, 4.69) is 15.3 Å². The molecule has 0 fully saturated rings. The standard InChI is InChI=1S/C13H15Cl2N3/c1-9-12(18-13(2,7-14)8-15)17-11-6-4-3-5-10(11)16-9/h3-6H,7-8H2,1-2H3,(H,17,18). The zero-order valence-corrected chi connectivity index (χ0v) is 11.9. The second-order valence-electron chi connectivity index (χ2n) is 4.60. The molecule has 2 aromatic rings. The minimum Gasteiger partial charge on any atom is -0.361 e. The van der Waals surface area contributed by atoms with E-state index >= 15 is 0 Å². The van der Waals surface area contributed by atoms with Crippen molar-refractivity contribution in [1.29, 1.82) is 0 Å². The van der Waals surface area contributed by atoms with Crippen molar-refractivity contribution >= 4 is 40.1 Å². The minimum atomic E-state index is -0.384. The highest BCUT2D eigenvalue weighted by Crippen LogP contribution is 2.21.